The third-order valence-electron chi connectivity index (χ3n) is 10.9. The van der Waals surface area contributed by atoms with E-state index in [9.17, 15) is 5.11 Å². The molecule has 0 amide bonds. The quantitative estimate of drug-likeness (QED) is 0.146. The van der Waals surface area contributed by atoms with Gasteiger partial charge >= 0.3 is 0 Å². The molecule has 2 aromatic heterocycles. The number of pyridine rings is 2. The van der Waals surface area contributed by atoms with Crippen molar-refractivity contribution in [2.24, 2.45) is 10.9 Å². The maximum atomic E-state index is 11.3. The van der Waals surface area contributed by atoms with Crippen molar-refractivity contribution in [1.82, 2.24) is 0 Å². The first-order valence-corrected chi connectivity index (χ1v) is 21.6. The van der Waals surface area contributed by atoms with Gasteiger partial charge in [0.1, 0.15) is 0 Å². The molecular formula is C43H59N3OSi+2. The number of rotatable bonds is 8. The van der Waals surface area contributed by atoms with Gasteiger partial charge in [-0.25, -0.2) is 0 Å². The molecule has 2 aliphatic heterocycles. The van der Waals surface area contributed by atoms with E-state index in [-0.39, 0.29) is 30.5 Å². The molecule has 5 heteroatoms. The molecule has 5 rings (SSSR count). The average Bonchev–Trinajstić information content (AvgIpc) is 3.09. The van der Waals surface area contributed by atoms with E-state index in [0.29, 0.717) is 11.8 Å². The Morgan fingerprint density at radius 1 is 1.02 bits per heavy atom. The minimum Gasteiger partial charge on any atom is -0.391 e. The molecule has 0 fully saturated rings. The van der Waals surface area contributed by atoms with Gasteiger partial charge in [-0.2, -0.15) is 9.13 Å². The number of benzene rings is 1. The normalized spacial score (nSPS) is 21.3. The fourth-order valence-corrected chi connectivity index (χ4v) is 9.83. The van der Waals surface area contributed by atoms with Crippen LogP contribution in [0.5, 0.6) is 0 Å². The summed E-state index contributed by atoms with van der Waals surface area (Å²) in [5.74, 6) is 1.18. The van der Waals surface area contributed by atoms with Crippen molar-refractivity contribution >= 4 is 30.2 Å². The molecule has 4 heterocycles. The van der Waals surface area contributed by atoms with Crippen LogP contribution in [0.2, 0.25) is 19.6 Å². The van der Waals surface area contributed by atoms with Crippen LogP contribution in [-0.4, -0.2) is 31.5 Å². The zero-order chi connectivity index (χ0) is 35.1. The number of nitrogens with zero attached hydrogens (tertiary/aromatic N) is 3. The van der Waals surface area contributed by atoms with Gasteiger partial charge in [0, 0.05) is 40.2 Å². The van der Waals surface area contributed by atoms with Crippen molar-refractivity contribution in [3.63, 3.8) is 0 Å². The SMILES string of the molecule is C=C1C2C(CC/C([C@H](C)C(C)/N=C(C)\C=C/C)=C(/CO)c3cc(C(C)C)cc[n+]31)c1ccccc1-c1cc(C(C)C)c([Si](C)(C)C)c[n+]12. The summed E-state index contributed by atoms with van der Waals surface area (Å²) in [5.41, 5.74) is 12.2. The number of aliphatic hydroxyl groups is 1. The summed E-state index contributed by atoms with van der Waals surface area (Å²) in [7, 11) is -1.69. The second-order valence-corrected chi connectivity index (χ2v) is 20.9. The van der Waals surface area contributed by atoms with Gasteiger partial charge in [0.15, 0.2) is 12.4 Å². The largest absolute Gasteiger partial charge is 0.391 e. The first kappa shape index (κ1) is 35.9. The third-order valence-corrected chi connectivity index (χ3v) is 12.9. The number of hydrogen-bond acceptors (Lipinski definition) is 2. The summed E-state index contributed by atoms with van der Waals surface area (Å²) < 4.78 is 4.89. The highest BCUT2D eigenvalue weighted by atomic mass is 28.3. The summed E-state index contributed by atoms with van der Waals surface area (Å²) in [4.78, 5) is 5.10. The van der Waals surface area contributed by atoms with Gasteiger partial charge in [0.25, 0.3) is 0 Å². The minimum atomic E-state index is -1.69. The van der Waals surface area contributed by atoms with Crippen LogP contribution in [0, 0.1) is 5.92 Å². The lowest BCUT2D eigenvalue weighted by molar-refractivity contribution is -0.728. The van der Waals surface area contributed by atoms with E-state index in [2.05, 4.69) is 144 Å². The van der Waals surface area contributed by atoms with Crippen LogP contribution in [0.15, 0.2) is 84.2 Å². The van der Waals surface area contributed by atoms with Crippen LogP contribution < -0.4 is 14.3 Å². The Bertz CT molecular complexity index is 1790. The van der Waals surface area contributed by atoms with E-state index in [0.717, 1.165) is 35.5 Å². The Kier molecular flexibility index (Phi) is 10.6. The second kappa shape index (κ2) is 14.2. The van der Waals surface area contributed by atoms with Crippen LogP contribution in [-0.2, 0) is 0 Å². The lowest BCUT2D eigenvalue weighted by atomic mass is 9.77. The zero-order valence-corrected chi connectivity index (χ0v) is 32.4. The Balaban J connectivity index is 1.81. The van der Waals surface area contributed by atoms with Crippen molar-refractivity contribution in [1.29, 1.82) is 0 Å². The van der Waals surface area contributed by atoms with Crippen LogP contribution in [0.4, 0.5) is 0 Å². The molecular weight excluding hydrogens is 603 g/mol. The van der Waals surface area contributed by atoms with Crippen molar-refractivity contribution in [2.45, 2.75) is 118 Å². The summed E-state index contributed by atoms with van der Waals surface area (Å²) >= 11 is 0. The maximum absolute atomic E-state index is 11.3. The van der Waals surface area contributed by atoms with E-state index in [1.165, 1.54) is 38.7 Å². The molecule has 0 bridgehead atoms. The first-order chi connectivity index (χ1) is 22.7. The van der Waals surface area contributed by atoms with Crippen LogP contribution >= 0.6 is 0 Å². The average molecular weight is 662 g/mol. The fourth-order valence-electron chi connectivity index (χ4n) is 8.08. The predicted octanol–water partition coefficient (Wildman–Crippen LogP) is 9.13. The van der Waals surface area contributed by atoms with Gasteiger partial charge in [-0.05, 0) is 86.8 Å². The predicted molar refractivity (Wildman–Crippen MR) is 207 cm³/mol. The smallest absolute Gasteiger partial charge is 0.249 e. The molecule has 4 atom stereocenters. The van der Waals surface area contributed by atoms with Gasteiger partial charge in [-0.1, -0.05) is 84.1 Å². The number of hydrogen-bond donors (Lipinski definition) is 1. The number of aromatic nitrogens is 2. The number of aliphatic imine (C=N–C) groups is 1. The van der Waals surface area contributed by atoms with Crippen molar-refractivity contribution < 1.29 is 14.2 Å². The molecule has 4 nitrogen and oxygen atoms in total. The van der Waals surface area contributed by atoms with E-state index >= 15 is 0 Å². The zero-order valence-electron chi connectivity index (χ0n) is 31.4. The molecule has 0 saturated heterocycles. The third kappa shape index (κ3) is 6.73. The lowest BCUT2D eigenvalue weighted by Gasteiger charge is -2.32. The van der Waals surface area contributed by atoms with Crippen LogP contribution in [0.1, 0.15) is 114 Å². The van der Waals surface area contributed by atoms with Crippen molar-refractivity contribution in [3.8, 4) is 11.3 Å². The molecule has 0 aliphatic carbocycles. The number of allylic oxidation sites excluding steroid dienone is 3. The molecule has 1 aromatic carbocycles. The highest BCUT2D eigenvalue weighted by Crippen LogP contribution is 2.46. The Hall–Kier alpha value is -3.41. The van der Waals surface area contributed by atoms with E-state index in [1.54, 1.807) is 0 Å². The molecule has 254 valence electrons. The number of fused-ring (bicyclic) bond motifs is 7. The second-order valence-electron chi connectivity index (χ2n) is 15.8. The minimum absolute atomic E-state index is 0.0219. The summed E-state index contributed by atoms with van der Waals surface area (Å²) in [5, 5.41) is 12.8. The molecule has 0 radical (unpaired) electrons. The molecule has 48 heavy (non-hydrogen) atoms. The van der Waals surface area contributed by atoms with Gasteiger partial charge < -0.3 is 5.11 Å². The lowest BCUT2D eigenvalue weighted by Crippen LogP contribution is -2.57. The fraction of sp³-hybridized carbons (Fsp3) is 0.465. The Morgan fingerprint density at radius 2 is 1.73 bits per heavy atom. The first-order valence-electron chi connectivity index (χ1n) is 18.1. The van der Waals surface area contributed by atoms with Crippen LogP contribution in [0.25, 0.3) is 22.5 Å². The maximum Gasteiger partial charge on any atom is 0.249 e. The highest BCUT2D eigenvalue weighted by molar-refractivity contribution is 6.89. The van der Waals surface area contributed by atoms with E-state index in [4.69, 9.17) is 11.6 Å². The van der Waals surface area contributed by atoms with Crippen molar-refractivity contribution in [3.05, 3.63) is 102 Å². The Labute approximate surface area is 291 Å². The van der Waals surface area contributed by atoms with Crippen molar-refractivity contribution in [2.75, 3.05) is 6.61 Å². The van der Waals surface area contributed by atoms with Gasteiger partial charge in [0.05, 0.1) is 26.6 Å². The summed E-state index contributed by atoms with van der Waals surface area (Å²) in [6.07, 6.45) is 10.7. The molecule has 0 saturated carbocycles. The molecule has 1 N–H and O–H groups in total. The molecule has 2 aliphatic rings. The summed E-state index contributed by atoms with van der Waals surface area (Å²) in [6.45, 7) is 30.1. The van der Waals surface area contributed by atoms with Gasteiger partial charge in [-0.3, -0.25) is 4.99 Å². The van der Waals surface area contributed by atoms with Gasteiger partial charge in [0.2, 0.25) is 23.1 Å². The molecule has 3 aromatic rings. The topological polar surface area (TPSA) is 40.4 Å². The Morgan fingerprint density at radius 3 is 2.35 bits per heavy atom. The monoisotopic (exact) mass is 661 g/mol. The highest BCUT2D eigenvalue weighted by Gasteiger charge is 2.48. The molecule has 3 unspecified atom stereocenters. The van der Waals surface area contributed by atoms with Crippen LogP contribution in [0.3, 0.4) is 0 Å². The summed E-state index contributed by atoms with van der Waals surface area (Å²) in [6, 6.07) is 16.2. The van der Waals surface area contributed by atoms with Gasteiger partial charge in [-0.15, -0.1) is 0 Å². The van der Waals surface area contributed by atoms with E-state index < -0.39 is 8.07 Å². The van der Waals surface area contributed by atoms with E-state index in [1.807, 2.05) is 6.92 Å². The standard InChI is InChI=1S/C43H59N3OSi/c1-13-16-29(6)44-31(8)30(7)34-19-20-37-35-17-14-15-18-36(35)41-24-38(28(4)5)42(48(10,11)12)25-46(41)43(37)32(9)45-22-21-33(27(2)3)23-40(45)39(34)26-47/h13-18,21-25,27-28,30-31,37,43,47H,9,19-20,26H2,1-8,10-12H3/q+2/b16-13-,39-34+,44-29-/t30-,31?,37?,43?/m1/s1. The number of aliphatic hydroxyl groups excluding tert-OH is 1. The molecule has 0 spiro atoms.